The van der Waals surface area contributed by atoms with Crippen LogP contribution in [0.4, 0.5) is 0 Å². The van der Waals surface area contributed by atoms with Crippen LogP contribution < -0.4 is 10.5 Å². The fraction of sp³-hybridized carbons (Fsp3) is 0.667. The average molecular weight is 363 g/mol. The van der Waals surface area contributed by atoms with Gasteiger partial charge < -0.3 is 20.1 Å². The summed E-state index contributed by atoms with van der Waals surface area (Å²) < 4.78 is 11.7. The molecule has 2 rings (SSSR count). The lowest BCUT2D eigenvalue weighted by Crippen LogP contribution is -2.46. The van der Waals surface area contributed by atoms with Crippen LogP contribution in [0.1, 0.15) is 57.1 Å². The van der Waals surface area contributed by atoms with Gasteiger partial charge in [0.1, 0.15) is 5.75 Å². The highest BCUT2D eigenvalue weighted by molar-refractivity contribution is 5.81. The second kappa shape index (κ2) is 9.93. The Kier molecular flexibility index (Phi) is 7.91. The Morgan fingerprint density at radius 3 is 2.54 bits per heavy atom. The molecule has 1 aromatic carbocycles. The van der Waals surface area contributed by atoms with Crippen molar-refractivity contribution in [1.82, 2.24) is 4.90 Å². The summed E-state index contributed by atoms with van der Waals surface area (Å²) >= 11 is 0. The third-order valence-electron chi connectivity index (χ3n) is 4.98. The number of carbonyl (C=O) groups is 1. The Bertz CT molecular complexity index is 581. The first kappa shape index (κ1) is 20.7. The topological polar surface area (TPSA) is 64.8 Å². The number of rotatable bonds is 8. The van der Waals surface area contributed by atoms with E-state index < -0.39 is 6.10 Å². The van der Waals surface area contributed by atoms with Crippen LogP contribution in [0.2, 0.25) is 0 Å². The summed E-state index contributed by atoms with van der Waals surface area (Å²) in [7, 11) is 0. The highest BCUT2D eigenvalue weighted by Gasteiger charge is 2.27. The number of nitrogens with zero attached hydrogens (tertiary/aromatic N) is 1. The number of piperidine rings is 1. The van der Waals surface area contributed by atoms with Gasteiger partial charge in [-0.3, -0.25) is 4.79 Å². The minimum atomic E-state index is -0.478. The van der Waals surface area contributed by atoms with Crippen molar-refractivity contribution in [1.29, 1.82) is 0 Å². The van der Waals surface area contributed by atoms with Gasteiger partial charge >= 0.3 is 0 Å². The zero-order valence-electron chi connectivity index (χ0n) is 16.7. The summed E-state index contributed by atoms with van der Waals surface area (Å²) in [6.07, 6.45) is 2.41. The SMILES string of the molecule is Cc1cc(OC(C)C(=O)N2CCC(OCCCN)CC2)ccc1C(C)C. The Morgan fingerprint density at radius 1 is 1.27 bits per heavy atom. The van der Waals surface area contributed by atoms with Crippen LogP contribution >= 0.6 is 0 Å². The fourth-order valence-corrected chi connectivity index (χ4v) is 3.46. The van der Waals surface area contributed by atoms with Gasteiger partial charge in [0.25, 0.3) is 5.91 Å². The van der Waals surface area contributed by atoms with E-state index in [9.17, 15) is 4.79 Å². The molecule has 26 heavy (non-hydrogen) atoms. The Morgan fingerprint density at radius 2 is 1.96 bits per heavy atom. The molecule has 5 heteroatoms. The molecule has 0 bridgehead atoms. The van der Waals surface area contributed by atoms with Crippen molar-refractivity contribution in [3.8, 4) is 5.75 Å². The third kappa shape index (κ3) is 5.71. The number of ether oxygens (including phenoxy) is 2. The van der Waals surface area contributed by atoms with Crippen molar-refractivity contribution in [2.24, 2.45) is 5.73 Å². The number of hydrogen-bond donors (Lipinski definition) is 1. The number of aryl methyl sites for hydroxylation is 1. The maximum absolute atomic E-state index is 12.7. The molecule has 0 aliphatic carbocycles. The van der Waals surface area contributed by atoms with Crippen molar-refractivity contribution in [3.63, 3.8) is 0 Å². The molecule has 0 aromatic heterocycles. The second-order valence-electron chi connectivity index (χ2n) is 7.47. The second-order valence-corrected chi connectivity index (χ2v) is 7.47. The summed E-state index contributed by atoms with van der Waals surface area (Å²) in [5.74, 6) is 1.29. The Balaban J connectivity index is 1.83. The molecule has 1 amide bonds. The van der Waals surface area contributed by atoms with Crippen LogP contribution in [0.25, 0.3) is 0 Å². The zero-order chi connectivity index (χ0) is 19.1. The number of nitrogens with two attached hydrogens (primary N) is 1. The normalized spacial score (nSPS) is 16.8. The third-order valence-corrected chi connectivity index (χ3v) is 4.98. The van der Waals surface area contributed by atoms with E-state index in [1.807, 2.05) is 24.0 Å². The van der Waals surface area contributed by atoms with E-state index in [-0.39, 0.29) is 12.0 Å². The standard InChI is InChI=1S/C21H34N2O3/c1-15(2)20-7-6-19(14-16(20)3)26-17(4)21(24)23-11-8-18(9-12-23)25-13-5-10-22/h6-7,14-15,17-18H,5,8-13,22H2,1-4H3. The maximum Gasteiger partial charge on any atom is 0.263 e. The number of hydrogen-bond acceptors (Lipinski definition) is 4. The van der Waals surface area contributed by atoms with Gasteiger partial charge in [0, 0.05) is 19.7 Å². The van der Waals surface area contributed by atoms with Crippen molar-refractivity contribution < 1.29 is 14.3 Å². The Hall–Kier alpha value is -1.59. The molecular weight excluding hydrogens is 328 g/mol. The molecular formula is C21H34N2O3. The van der Waals surface area contributed by atoms with Crippen LogP contribution in [-0.2, 0) is 9.53 Å². The summed E-state index contributed by atoms with van der Waals surface area (Å²) in [5, 5.41) is 0. The highest BCUT2D eigenvalue weighted by Crippen LogP contribution is 2.24. The van der Waals surface area contributed by atoms with E-state index in [1.165, 1.54) is 11.1 Å². The largest absolute Gasteiger partial charge is 0.481 e. The molecule has 0 saturated carbocycles. The minimum Gasteiger partial charge on any atom is -0.481 e. The predicted molar refractivity (Wildman–Crippen MR) is 105 cm³/mol. The van der Waals surface area contributed by atoms with Gasteiger partial charge in [-0.15, -0.1) is 0 Å². The van der Waals surface area contributed by atoms with Gasteiger partial charge in [-0.2, -0.15) is 0 Å². The van der Waals surface area contributed by atoms with Crippen molar-refractivity contribution in [2.45, 2.75) is 65.1 Å². The van der Waals surface area contributed by atoms with Gasteiger partial charge in [0.05, 0.1) is 6.10 Å². The number of carbonyl (C=O) groups excluding carboxylic acids is 1. The number of amides is 1. The van der Waals surface area contributed by atoms with E-state index in [4.69, 9.17) is 15.2 Å². The molecule has 1 aromatic rings. The first-order valence-corrected chi connectivity index (χ1v) is 9.80. The molecule has 2 N–H and O–H groups in total. The van der Waals surface area contributed by atoms with Crippen LogP contribution in [0.3, 0.4) is 0 Å². The van der Waals surface area contributed by atoms with Crippen LogP contribution in [0, 0.1) is 6.92 Å². The van der Waals surface area contributed by atoms with Crippen molar-refractivity contribution >= 4 is 5.91 Å². The molecule has 5 nitrogen and oxygen atoms in total. The summed E-state index contributed by atoms with van der Waals surface area (Å²) in [4.78, 5) is 14.6. The van der Waals surface area contributed by atoms with Crippen LogP contribution in [-0.4, -0.2) is 49.3 Å². The van der Waals surface area contributed by atoms with Gasteiger partial charge in [0.15, 0.2) is 6.10 Å². The molecule has 1 unspecified atom stereocenters. The lowest BCUT2D eigenvalue weighted by molar-refractivity contribution is -0.140. The van der Waals surface area contributed by atoms with Gasteiger partial charge in [-0.05, 0) is 68.8 Å². The van der Waals surface area contributed by atoms with Gasteiger partial charge in [-0.25, -0.2) is 0 Å². The highest BCUT2D eigenvalue weighted by atomic mass is 16.5. The first-order chi connectivity index (χ1) is 12.4. The molecule has 1 atom stereocenters. The number of benzene rings is 1. The van der Waals surface area contributed by atoms with Gasteiger partial charge in [0.2, 0.25) is 0 Å². The van der Waals surface area contributed by atoms with E-state index in [0.717, 1.165) is 38.1 Å². The van der Waals surface area contributed by atoms with E-state index in [2.05, 4.69) is 26.8 Å². The first-order valence-electron chi connectivity index (χ1n) is 9.80. The molecule has 1 aliphatic rings. The van der Waals surface area contributed by atoms with Gasteiger partial charge in [-0.1, -0.05) is 19.9 Å². The van der Waals surface area contributed by atoms with E-state index >= 15 is 0 Å². The summed E-state index contributed by atoms with van der Waals surface area (Å²) in [5.41, 5.74) is 8.00. The predicted octanol–water partition coefficient (Wildman–Crippen LogP) is 3.24. The molecule has 1 fully saturated rings. The molecule has 146 valence electrons. The quantitative estimate of drug-likeness (QED) is 0.721. The van der Waals surface area contributed by atoms with E-state index in [1.54, 1.807) is 0 Å². The van der Waals surface area contributed by atoms with E-state index in [0.29, 0.717) is 19.1 Å². The molecule has 1 saturated heterocycles. The maximum atomic E-state index is 12.7. The lowest BCUT2D eigenvalue weighted by Gasteiger charge is -2.33. The molecule has 0 spiro atoms. The zero-order valence-corrected chi connectivity index (χ0v) is 16.7. The van der Waals surface area contributed by atoms with Crippen LogP contribution in [0.15, 0.2) is 18.2 Å². The minimum absolute atomic E-state index is 0.0518. The van der Waals surface area contributed by atoms with Crippen molar-refractivity contribution in [3.05, 3.63) is 29.3 Å². The number of likely N-dealkylation sites (tertiary alicyclic amines) is 1. The van der Waals surface area contributed by atoms with Crippen molar-refractivity contribution in [2.75, 3.05) is 26.2 Å². The fourth-order valence-electron chi connectivity index (χ4n) is 3.46. The summed E-state index contributed by atoms with van der Waals surface area (Å²) in [6, 6.07) is 6.08. The molecule has 0 radical (unpaired) electrons. The molecule has 1 aliphatic heterocycles. The lowest BCUT2D eigenvalue weighted by atomic mass is 9.98. The van der Waals surface area contributed by atoms with Crippen LogP contribution in [0.5, 0.6) is 5.75 Å². The average Bonchev–Trinajstić information content (AvgIpc) is 2.61. The smallest absolute Gasteiger partial charge is 0.263 e. The summed E-state index contributed by atoms with van der Waals surface area (Å²) in [6.45, 7) is 11.1. The monoisotopic (exact) mass is 362 g/mol. The Labute approximate surface area is 157 Å². The molecule has 1 heterocycles.